The molecule has 0 amide bonds. The number of rotatable bonds is 3. The molecule has 0 radical (unpaired) electrons. The molecule has 0 aliphatic heterocycles. The van der Waals surface area contributed by atoms with E-state index in [1.807, 2.05) is 0 Å². The zero-order valence-electron chi connectivity index (χ0n) is 11.2. The molecule has 1 unspecified atom stereocenters. The molecule has 0 saturated carbocycles. The number of thiazole rings is 1. The first-order valence-electron chi connectivity index (χ1n) is 6.31. The fraction of sp³-hybridized carbons (Fsp3) is 0.267. The van der Waals surface area contributed by atoms with Crippen LogP contribution < -0.4 is 5.32 Å². The Morgan fingerprint density at radius 1 is 1.21 bits per heavy atom. The molecule has 0 aliphatic carbocycles. The second-order valence-corrected chi connectivity index (χ2v) is 6.90. The van der Waals surface area contributed by atoms with E-state index in [4.69, 9.17) is 0 Å². The highest BCUT2D eigenvalue weighted by molar-refractivity contribution is 7.17. The van der Waals surface area contributed by atoms with Crippen molar-refractivity contribution in [2.24, 2.45) is 0 Å². The highest BCUT2D eigenvalue weighted by Crippen LogP contribution is 2.29. The van der Waals surface area contributed by atoms with Crippen molar-refractivity contribution in [2.45, 2.75) is 26.8 Å². The van der Waals surface area contributed by atoms with E-state index in [0.29, 0.717) is 6.04 Å². The monoisotopic (exact) mass is 288 g/mol. The van der Waals surface area contributed by atoms with E-state index in [0.717, 1.165) is 10.7 Å². The van der Waals surface area contributed by atoms with E-state index in [-0.39, 0.29) is 0 Å². The van der Waals surface area contributed by atoms with Crippen molar-refractivity contribution in [1.29, 1.82) is 0 Å². The van der Waals surface area contributed by atoms with Crippen molar-refractivity contribution >= 4 is 38.4 Å². The third-order valence-electron chi connectivity index (χ3n) is 3.17. The van der Waals surface area contributed by atoms with Gasteiger partial charge in [0.05, 0.1) is 16.7 Å². The van der Waals surface area contributed by atoms with Crippen LogP contribution in [0.3, 0.4) is 0 Å². The topological polar surface area (TPSA) is 24.9 Å². The Kier molecular flexibility index (Phi) is 3.29. The Balaban J connectivity index is 1.85. The minimum absolute atomic E-state index is 0.294. The molecular formula is C15H16N2S2. The lowest BCUT2D eigenvalue weighted by molar-refractivity contribution is 0.890. The first kappa shape index (κ1) is 12.6. The van der Waals surface area contributed by atoms with Crippen molar-refractivity contribution in [3.05, 3.63) is 45.2 Å². The molecule has 1 aromatic carbocycles. The van der Waals surface area contributed by atoms with E-state index >= 15 is 0 Å². The maximum atomic E-state index is 4.50. The molecule has 0 saturated heterocycles. The number of aromatic nitrogens is 1. The van der Waals surface area contributed by atoms with Crippen molar-refractivity contribution in [2.75, 3.05) is 5.32 Å². The predicted molar refractivity (Wildman–Crippen MR) is 85.5 cm³/mol. The van der Waals surface area contributed by atoms with Crippen LogP contribution >= 0.6 is 22.7 Å². The summed E-state index contributed by atoms with van der Waals surface area (Å²) in [4.78, 5) is 5.82. The third-order valence-corrected chi connectivity index (χ3v) is 5.32. The maximum absolute atomic E-state index is 4.50. The van der Waals surface area contributed by atoms with Gasteiger partial charge >= 0.3 is 0 Å². The second-order valence-electron chi connectivity index (χ2n) is 4.72. The number of hydrogen-bond donors (Lipinski definition) is 1. The average molecular weight is 288 g/mol. The predicted octanol–water partition coefficient (Wildman–Crippen LogP) is 5.15. The Morgan fingerprint density at radius 3 is 2.79 bits per heavy atom. The molecular weight excluding hydrogens is 272 g/mol. The van der Waals surface area contributed by atoms with Crippen LogP contribution in [0.15, 0.2) is 29.6 Å². The van der Waals surface area contributed by atoms with Gasteiger partial charge in [0.15, 0.2) is 0 Å². The van der Waals surface area contributed by atoms with Crippen LogP contribution in [0.1, 0.15) is 28.5 Å². The summed E-state index contributed by atoms with van der Waals surface area (Å²) in [5.74, 6) is 0. The highest BCUT2D eigenvalue weighted by Gasteiger charge is 2.12. The van der Waals surface area contributed by atoms with Crippen LogP contribution in [0.4, 0.5) is 5.69 Å². The van der Waals surface area contributed by atoms with Gasteiger partial charge in [0.1, 0.15) is 0 Å². The van der Waals surface area contributed by atoms with Gasteiger partial charge in [0.2, 0.25) is 0 Å². The number of fused-ring (bicyclic) bond motifs is 1. The SMILES string of the molecule is Cc1nc(C)c(C(C)Nc2ccc3sccc3c2)s1. The molecule has 0 fully saturated rings. The van der Waals surface area contributed by atoms with Crippen LogP contribution in [0.2, 0.25) is 0 Å². The van der Waals surface area contributed by atoms with E-state index in [9.17, 15) is 0 Å². The quantitative estimate of drug-likeness (QED) is 0.721. The highest BCUT2D eigenvalue weighted by atomic mass is 32.1. The first-order chi connectivity index (χ1) is 9.13. The first-order valence-corrected chi connectivity index (χ1v) is 8.01. The summed E-state index contributed by atoms with van der Waals surface area (Å²) < 4.78 is 1.34. The molecule has 3 rings (SSSR count). The molecule has 0 bridgehead atoms. The number of nitrogens with zero attached hydrogens (tertiary/aromatic N) is 1. The van der Waals surface area contributed by atoms with Crippen LogP contribution in [0.25, 0.3) is 10.1 Å². The normalized spacial score (nSPS) is 12.8. The van der Waals surface area contributed by atoms with Gasteiger partial charge in [-0.3, -0.25) is 0 Å². The smallest absolute Gasteiger partial charge is 0.0900 e. The van der Waals surface area contributed by atoms with E-state index in [1.165, 1.54) is 20.7 Å². The van der Waals surface area contributed by atoms with Gasteiger partial charge in [0.25, 0.3) is 0 Å². The number of nitrogens with one attached hydrogen (secondary N) is 1. The average Bonchev–Trinajstić information content (AvgIpc) is 2.94. The van der Waals surface area contributed by atoms with Crippen LogP contribution in [-0.2, 0) is 0 Å². The molecule has 19 heavy (non-hydrogen) atoms. The second kappa shape index (κ2) is 4.94. The zero-order chi connectivity index (χ0) is 13.4. The van der Waals surface area contributed by atoms with Gasteiger partial charge in [-0.2, -0.15) is 0 Å². The fourth-order valence-corrected chi connectivity index (χ4v) is 4.02. The van der Waals surface area contributed by atoms with Crippen molar-refractivity contribution in [3.63, 3.8) is 0 Å². The van der Waals surface area contributed by atoms with Crippen LogP contribution in [-0.4, -0.2) is 4.98 Å². The van der Waals surface area contributed by atoms with Crippen molar-refractivity contribution < 1.29 is 0 Å². The number of anilines is 1. The number of aryl methyl sites for hydroxylation is 2. The summed E-state index contributed by atoms with van der Waals surface area (Å²) in [6.07, 6.45) is 0. The van der Waals surface area contributed by atoms with Gasteiger partial charge in [-0.25, -0.2) is 4.98 Å². The van der Waals surface area contributed by atoms with Gasteiger partial charge < -0.3 is 5.32 Å². The van der Waals surface area contributed by atoms with E-state index in [1.54, 1.807) is 22.7 Å². The molecule has 1 N–H and O–H groups in total. The summed E-state index contributed by atoms with van der Waals surface area (Å²) in [5, 5.41) is 8.14. The molecule has 0 spiro atoms. The van der Waals surface area contributed by atoms with Gasteiger partial charge in [-0.1, -0.05) is 0 Å². The minimum atomic E-state index is 0.294. The van der Waals surface area contributed by atoms with Gasteiger partial charge in [-0.15, -0.1) is 22.7 Å². The zero-order valence-corrected chi connectivity index (χ0v) is 12.9. The standard InChI is InChI=1S/C15H16N2S2/c1-9-15(19-11(3)16-9)10(2)17-13-4-5-14-12(8-13)6-7-18-14/h4-8,10,17H,1-3H3. The Labute approximate surface area is 121 Å². The fourth-order valence-electron chi connectivity index (χ4n) is 2.32. The molecule has 98 valence electrons. The maximum Gasteiger partial charge on any atom is 0.0900 e. The van der Waals surface area contributed by atoms with Crippen molar-refractivity contribution in [1.82, 2.24) is 4.98 Å². The number of thiophene rings is 1. The van der Waals surface area contributed by atoms with Crippen molar-refractivity contribution in [3.8, 4) is 0 Å². The summed E-state index contributed by atoms with van der Waals surface area (Å²) in [6.45, 7) is 6.34. The van der Waals surface area contributed by atoms with E-state index in [2.05, 4.69) is 60.7 Å². The van der Waals surface area contributed by atoms with Crippen LogP contribution in [0, 0.1) is 13.8 Å². The minimum Gasteiger partial charge on any atom is -0.378 e. The molecule has 4 heteroatoms. The lowest BCUT2D eigenvalue weighted by Gasteiger charge is -2.14. The summed E-state index contributed by atoms with van der Waals surface area (Å²) in [7, 11) is 0. The van der Waals surface area contributed by atoms with E-state index < -0.39 is 0 Å². The Morgan fingerprint density at radius 2 is 2.05 bits per heavy atom. The largest absolute Gasteiger partial charge is 0.378 e. The molecule has 2 nitrogen and oxygen atoms in total. The lowest BCUT2D eigenvalue weighted by atomic mass is 10.2. The number of hydrogen-bond acceptors (Lipinski definition) is 4. The molecule has 1 atom stereocenters. The van der Waals surface area contributed by atoms with Gasteiger partial charge in [-0.05, 0) is 55.8 Å². The third kappa shape index (κ3) is 2.51. The molecule has 3 aromatic rings. The summed E-state index contributed by atoms with van der Waals surface area (Å²) >= 11 is 3.56. The van der Waals surface area contributed by atoms with Gasteiger partial charge in [0, 0.05) is 15.3 Å². The van der Waals surface area contributed by atoms with Crippen LogP contribution in [0.5, 0.6) is 0 Å². The summed E-state index contributed by atoms with van der Waals surface area (Å²) in [5.41, 5.74) is 2.31. The molecule has 0 aliphatic rings. The summed E-state index contributed by atoms with van der Waals surface area (Å²) in [6, 6.07) is 9.00. The number of benzene rings is 1. The molecule has 2 heterocycles. The lowest BCUT2D eigenvalue weighted by Crippen LogP contribution is -2.06. The Bertz CT molecular complexity index is 712. The molecule has 2 aromatic heterocycles. The Hall–Kier alpha value is -1.39.